The number of ether oxygens (including phenoxy) is 1. The summed E-state index contributed by atoms with van der Waals surface area (Å²) >= 11 is 0. The number of hydrogen-bond acceptors (Lipinski definition) is 3. The van der Waals surface area contributed by atoms with Crippen molar-refractivity contribution in [2.45, 2.75) is 131 Å². The van der Waals surface area contributed by atoms with Crippen molar-refractivity contribution in [3.8, 4) is 0 Å². The number of allylic oxidation sites excluding steroid dienone is 1. The van der Waals surface area contributed by atoms with Crippen LogP contribution in [0, 0.1) is 39.4 Å². The van der Waals surface area contributed by atoms with Gasteiger partial charge in [-0.1, -0.05) is 46.8 Å². The van der Waals surface area contributed by atoms with Gasteiger partial charge >= 0.3 is 5.97 Å². The predicted molar refractivity (Wildman–Crippen MR) is 144 cm³/mol. The van der Waals surface area contributed by atoms with E-state index in [9.17, 15) is 9.90 Å². The summed E-state index contributed by atoms with van der Waals surface area (Å²) < 4.78 is 5.86. The fourth-order valence-corrected chi connectivity index (χ4v) is 10.4. The van der Waals surface area contributed by atoms with Crippen molar-refractivity contribution >= 4 is 5.97 Å². The first-order valence-electron chi connectivity index (χ1n) is 14.3. The van der Waals surface area contributed by atoms with Gasteiger partial charge in [-0.25, -0.2) is 0 Å². The minimum absolute atomic E-state index is 0.00820. The van der Waals surface area contributed by atoms with Crippen LogP contribution in [0.5, 0.6) is 0 Å². The fraction of sp³-hybridized carbons (Fsp3) is 0.844. The Kier molecular flexibility index (Phi) is 6.73. The van der Waals surface area contributed by atoms with Crippen molar-refractivity contribution in [3.05, 3.63) is 24.3 Å². The van der Waals surface area contributed by atoms with E-state index in [0.717, 1.165) is 56.9 Å². The van der Waals surface area contributed by atoms with E-state index in [4.69, 9.17) is 4.74 Å². The molecule has 0 spiro atoms. The lowest BCUT2D eigenvalue weighted by Crippen LogP contribution is -2.65. The van der Waals surface area contributed by atoms with Gasteiger partial charge in [0.25, 0.3) is 0 Å². The van der Waals surface area contributed by atoms with E-state index in [1.54, 1.807) is 6.92 Å². The van der Waals surface area contributed by atoms with Gasteiger partial charge in [0.15, 0.2) is 0 Å². The molecule has 4 aliphatic carbocycles. The highest BCUT2D eigenvalue weighted by Crippen LogP contribution is 2.76. The third-order valence-electron chi connectivity index (χ3n) is 12.4. The first kappa shape index (κ1) is 27.0. The zero-order chi connectivity index (χ0) is 26.0. The van der Waals surface area contributed by atoms with Crippen LogP contribution >= 0.6 is 0 Å². The maximum atomic E-state index is 12.1. The van der Waals surface area contributed by atoms with Crippen LogP contribution in [0.2, 0.25) is 0 Å². The molecule has 8 atom stereocenters. The van der Waals surface area contributed by atoms with E-state index in [-0.39, 0.29) is 33.7 Å². The molecule has 0 bridgehead atoms. The molecule has 3 heteroatoms. The van der Waals surface area contributed by atoms with Crippen molar-refractivity contribution in [1.82, 2.24) is 0 Å². The summed E-state index contributed by atoms with van der Waals surface area (Å²) in [4.78, 5) is 11.8. The molecule has 4 saturated carbocycles. The van der Waals surface area contributed by atoms with Gasteiger partial charge < -0.3 is 9.84 Å². The Balaban J connectivity index is 1.60. The maximum absolute atomic E-state index is 12.1. The molecule has 3 nitrogen and oxygen atoms in total. The van der Waals surface area contributed by atoms with Gasteiger partial charge in [-0.3, -0.25) is 4.79 Å². The van der Waals surface area contributed by atoms with Crippen LogP contribution in [0.1, 0.15) is 119 Å². The van der Waals surface area contributed by atoms with E-state index < -0.39 is 5.60 Å². The second-order valence-corrected chi connectivity index (χ2v) is 14.4. The highest BCUT2D eigenvalue weighted by Gasteiger charge is 2.71. The zero-order valence-electron chi connectivity index (χ0n) is 23.8. The van der Waals surface area contributed by atoms with E-state index in [2.05, 4.69) is 54.7 Å². The van der Waals surface area contributed by atoms with Crippen molar-refractivity contribution in [3.63, 3.8) is 0 Å². The molecule has 0 aliphatic heterocycles. The first-order valence-corrected chi connectivity index (χ1v) is 14.3. The molecule has 4 rings (SSSR count). The molecule has 1 N–H and O–H groups in total. The molecule has 0 aromatic rings. The van der Waals surface area contributed by atoms with Gasteiger partial charge in [0, 0.05) is 12.3 Å². The lowest BCUT2D eigenvalue weighted by atomic mass is 9.35. The third-order valence-corrected chi connectivity index (χ3v) is 12.4. The average Bonchev–Trinajstić information content (AvgIpc) is 3.03. The second kappa shape index (κ2) is 8.74. The van der Waals surface area contributed by atoms with Crippen LogP contribution in [-0.4, -0.2) is 22.8 Å². The molecule has 4 aliphatic rings. The molecule has 0 amide bonds. The summed E-state index contributed by atoms with van der Waals surface area (Å²) in [5, 5.41) is 12.1. The van der Waals surface area contributed by atoms with Crippen LogP contribution in [0.3, 0.4) is 0 Å². The zero-order valence-corrected chi connectivity index (χ0v) is 23.8. The van der Waals surface area contributed by atoms with Gasteiger partial charge in [0.05, 0.1) is 5.60 Å². The normalized spacial score (nSPS) is 46.2. The van der Waals surface area contributed by atoms with E-state index in [1.807, 2.05) is 0 Å². The largest absolute Gasteiger partial charge is 0.462 e. The molecule has 4 fully saturated rings. The van der Waals surface area contributed by atoms with Crippen molar-refractivity contribution in [2.75, 3.05) is 0 Å². The first-order chi connectivity index (χ1) is 16.1. The highest BCUT2D eigenvalue weighted by atomic mass is 16.5. The monoisotopic (exact) mass is 484 g/mol. The molecule has 35 heavy (non-hydrogen) atoms. The second-order valence-electron chi connectivity index (χ2n) is 14.4. The molecule has 0 aromatic carbocycles. The lowest BCUT2D eigenvalue weighted by molar-refractivity contribution is -0.231. The van der Waals surface area contributed by atoms with Crippen LogP contribution in [0.25, 0.3) is 0 Å². The molecule has 0 unspecified atom stereocenters. The summed E-state index contributed by atoms with van der Waals surface area (Å²) in [6.07, 6.45) is 11.7. The third kappa shape index (κ3) is 3.89. The van der Waals surface area contributed by atoms with Gasteiger partial charge in [-0.15, -0.1) is 6.58 Å². The van der Waals surface area contributed by atoms with Crippen LogP contribution in [0.15, 0.2) is 24.3 Å². The Bertz CT molecular complexity index is 887. The highest BCUT2D eigenvalue weighted by molar-refractivity contribution is 5.66. The molecule has 0 saturated heterocycles. The SMILES string of the molecule is C=C(C)CCCC(=C)[C@@]1(O)CC[C@]2(C)[C@@H]1CC[C@@H]1[C@@]3(C)CC[C@H](OC(C)=O)C(C)(C)[C@@H]3CC[C@]12C. The van der Waals surface area contributed by atoms with Crippen molar-refractivity contribution < 1.29 is 14.6 Å². The van der Waals surface area contributed by atoms with Crippen molar-refractivity contribution in [2.24, 2.45) is 39.4 Å². The van der Waals surface area contributed by atoms with E-state index in [1.165, 1.54) is 24.8 Å². The number of carbonyl (C=O) groups excluding carboxylic acids is 1. The van der Waals surface area contributed by atoms with Gasteiger partial charge in [-0.05, 0) is 117 Å². The molecule has 0 aromatic heterocycles. The average molecular weight is 485 g/mol. The summed E-state index contributed by atoms with van der Waals surface area (Å²) in [5.41, 5.74) is 2.15. The molecule has 0 radical (unpaired) electrons. The van der Waals surface area contributed by atoms with Crippen LogP contribution in [-0.2, 0) is 9.53 Å². The maximum Gasteiger partial charge on any atom is 0.302 e. The molecular formula is C32H52O3. The van der Waals surface area contributed by atoms with E-state index in [0.29, 0.717) is 17.8 Å². The van der Waals surface area contributed by atoms with Gasteiger partial charge in [-0.2, -0.15) is 0 Å². The minimum Gasteiger partial charge on any atom is -0.462 e. The van der Waals surface area contributed by atoms with Crippen molar-refractivity contribution in [1.29, 1.82) is 0 Å². The summed E-state index contributed by atoms with van der Waals surface area (Å²) in [6, 6.07) is 0. The molecule has 198 valence electrons. The Labute approximate surface area is 215 Å². The van der Waals surface area contributed by atoms with Crippen LogP contribution in [0.4, 0.5) is 0 Å². The Morgan fingerprint density at radius 1 is 0.829 bits per heavy atom. The minimum atomic E-state index is -0.720. The standard InChI is InChI=1S/C32H52O3/c1-21(2)11-10-12-22(3)32(34)20-19-31(9)26(32)14-13-25-29(7)17-16-27(35-23(4)33)28(5,6)24(29)15-18-30(25,31)8/h24-27,34H,1,3,10-20H2,2,4-9H3/t24-,25+,26-,27-,29-,30+,31+,32-/m0/s1. The summed E-state index contributed by atoms with van der Waals surface area (Å²) in [5.74, 6) is 1.36. The Hall–Kier alpha value is -1.09. The topological polar surface area (TPSA) is 46.5 Å². The number of aliphatic hydroxyl groups is 1. The number of esters is 1. The molecular weight excluding hydrogens is 432 g/mol. The fourth-order valence-electron chi connectivity index (χ4n) is 10.4. The number of hydrogen-bond donors (Lipinski definition) is 1. The Morgan fingerprint density at radius 2 is 1.46 bits per heavy atom. The smallest absolute Gasteiger partial charge is 0.302 e. The molecule has 0 heterocycles. The van der Waals surface area contributed by atoms with E-state index >= 15 is 0 Å². The Morgan fingerprint density at radius 3 is 2.09 bits per heavy atom. The quantitative estimate of drug-likeness (QED) is 0.307. The summed E-state index contributed by atoms with van der Waals surface area (Å²) in [6.45, 7) is 24.5. The van der Waals surface area contributed by atoms with Gasteiger partial charge in [0.1, 0.15) is 6.10 Å². The summed E-state index contributed by atoms with van der Waals surface area (Å²) in [7, 11) is 0. The number of rotatable bonds is 6. The van der Waals surface area contributed by atoms with Gasteiger partial charge in [0.2, 0.25) is 0 Å². The number of fused-ring (bicyclic) bond motifs is 5. The lowest BCUT2D eigenvalue weighted by Gasteiger charge is -2.70. The number of carbonyl (C=O) groups is 1. The van der Waals surface area contributed by atoms with Crippen LogP contribution < -0.4 is 0 Å². The predicted octanol–water partition coefficient (Wildman–Crippen LogP) is 8.02.